The predicted octanol–water partition coefficient (Wildman–Crippen LogP) is 5.79. The number of nitrogens with one attached hydrogen (secondary N) is 1. The highest BCUT2D eigenvalue weighted by atomic mass is 19.3. The van der Waals surface area contributed by atoms with Gasteiger partial charge in [-0.05, 0) is 76.9 Å². The molecule has 0 atom stereocenters. The molecule has 38 heavy (non-hydrogen) atoms. The molecule has 6 heterocycles. The number of fused-ring (bicyclic) bond motifs is 2. The number of hydrogen-bond acceptors (Lipinski definition) is 4. The van der Waals surface area contributed by atoms with E-state index in [0.717, 1.165) is 54.9 Å². The summed E-state index contributed by atoms with van der Waals surface area (Å²) in [5, 5.41) is 19.8. The van der Waals surface area contributed by atoms with E-state index in [2.05, 4.69) is 44.5 Å². The molecule has 1 N–H and O–H groups in total. The van der Waals surface area contributed by atoms with Crippen molar-refractivity contribution in [1.29, 1.82) is 0 Å². The van der Waals surface area contributed by atoms with Crippen LogP contribution in [0, 0.1) is 41.5 Å². The van der Waals surface area contributed by atoms with Gasteiger partial charge in [0.15, 0.2) is 0 Å². The molecule has 0 saturated heterocycles. The van der Waals surface area contributed by atoms with Crippen LogP contribution in [0.5, 0.6) is 0 Å². The predicted molar refractivity (Wildman–Crippen MR) is 145 cm³/mol. The lowest BCUT2D eigenvalue weighted by Crippen LogP contribution is -2.02. The Hall–Kier alpha value is -4.28. The van der Waals surface area contributed by atoms with E-state index in [0.29, 0.717) is 11.4 Å². The van der Waals surface area contributed by atoms with Crippen LogP contribution in [-0.4, -0.2) is 47.6 Å². The van der Waals surface area contributed by atoms with Crippen LogP contribution >= 0.6 is 0 Å². The third-order valence-electron chi connectivity index (χ3n) is 6.53. The molecule has 0 unspecified atom stereocenters. The molecule has 193 valence electrons. The Labute approximate surface area is 220 Å². The Morgan fingerprint density at radius 2 is 1.29 bits per heavy atom. The molecule has 6 rings (SSSR count). The molecule has 6 aromatic heterocycles. The molecule has 0 aromatic carbocycles. The first-order valence-corrected chi connectivity index (χ1v) is 11.9. The van der Waals surface area contributed by atoms with Crippen LogP contribution in [0.4, 0.5) is 8.78 Å². The third kappa shape index (κ3) is 4.60. The highest BCUT2D eigenvalue weighted by molar-refractivity contribution is 5.83. The van der Waals surface area contributed by atoms with Crippen molar-refractivity contribution in [2.75, 3.05) is 0 Å². The second-order valence-electron chi connectivity index (χ2n) is 9.26. The minimum absolute atomic E-state index is 0. The number of aryl methyl sites for hydroxylation is 5. The Morgan fingerprint density at radius 3 is 1.74 bits per heavy atom. The zero-order valence-corrected chi connectivity index (χ0v) is 22.2. The maximum atomic E-state index is 12.9. The van der Waals surface area contributed by atoms with Gasteiger partial charge in [-0.2, -0.15) is 29.2 Å². The standard InChI is InChI=1S/C14H14F2N4.C13H14N4.B/c1-8-4-5-19-12(6-8)11(7-17-19)13-9(2)18-20(10(13)3)14(15)16;1-8-4-5-17-12(6-8)11(7-14-17)13-9(2)15-16-10(13)3;/h4-7,14H,1-3H3;4-7H,1-3H3,(H,15,16);. The van der Waals surface area contributed by atoms with Gasteiger partial charge in [-0.25, -0.2) is 13.7 Å². The molecule has 0 bridgehead atoms. The molecular weight excluding hydrogens is 485 g/mol. The first-order valence-electron chi connectivity index (χ1n) is 11.9. The van der Waals surface area contributed by atoms with Crippen LogP contribution in [-0.2, 0) is 0 Å². The van der Waals surface area contributed by atoms with Gasteiger partial charge < -0.3 is 0 Å². The molecular formula is C27H28BF2N8. The lowest BCUT2D eigenvalue weighted by atomic mass is 10.1. The fourth-order valence-electron chi connectivity index (χ4n) is 4.75. The van der Waals surface area contributed by atoms with Crippen LogP contribution in [0.25, 0.3) is 33.3 Å². The zero-order valence-electron chi connectivity index (χ0n) is 22.2. The smallest absolute Gasteiger partial charge is 0.282 e. The number of rotatable bonds is 3. The van der Waals surface area contributed by atoms with Crippen LogP contribution in [0.1, 0.15) is 40.5 Å². The lowest BCUT2D eigenvalue weighted by molar-refractivity contribution is 0.0542. The first kappa shape index (κ1) is 26.8. The summed E-state index contributed by atoms with van der Waals surface area (Å²) >= 11 is 0. The Bertz CT molecular complexity index is 1720. The van der Waals surface area contributed by atoms with E-state index in [1.165, 1.54) is 5.56 Å². The molecule has 0 aliphatic carbocycles. The van der Waals surface area contributed by atoms with Crippen molar-refractivity contribution in [3.63, 3.8) is 0 Å². The highest BCUT2D eigenvalue weighted by Gasteiger charge is 2.21. The van der Waals surface area contributed by atoms with E-state index in [1.807, 2.05) is 56.0 Å². The monoisotopic (exact) mass is 513 g/mol. The van der Waals surface area contributed by atoms with Gasteiger partial charge in [-0.1, -0.05) is 0 Å². The molecule has 11 heteroatoms. The Balaban J connectivity index is 0.000000174. The van der Waals surface area contributed by atoms with Crippen molar-refractivity contribution < 1.29 is 8.78 Å². The van der Waals surface area contributed by atoms with E-state index in [-0.39, 0.29) is 8.41 Å². The fraction of sp³-hybridized carbons (Fsp3) is 0.259. The van der Waals surface area contributed by atoms with Gasteiger partial charge in [0.25, 0.3) is 0 Å². The topological polar surface area (TPSA) is 81.1 Å². The molecule has 0 amide bonds. The molecule has 0 aliphatic heterocycles. The molecule has 6 aromatic rings. The Morgan fingerprint density at radius 1 is 0.763 bits per heavy atom. The van der Waals surface area contributed by atoms with Crippen molar-refractivity contribution in [2.45, 2.75) is 48.1 Å². The van der Waals surface area contributed by atoms with Crippen molar-refractivity contribution in [3.05, 3.63) is 83.0 Å². The number of H-pyrrole nitrogens is 1. The summed E-state index contributed by atoms with van der Waals surface area (Å²) in [5.41, 5.74) is 11.3. The number of hydrogen-bond donors (Lipinski definition) is 1. The number of aromatic amines is 1. The molecule has 8 nitrogen and oxygen atoms in total. The second kappa shape index (κ2) is 10.2. The average molecular weight is 513 g/mol. The summed E-state index contributed by atoms with van der Waals surface area (Å²) in [6, 6.07) is 8.14. The van der Waals surface area contributed by atoms with Crippen LogP contribution in [0.2, 0.25) is 0 Å². The van der Waals surface area contributed by atoms with Crippen molar-refractivity contribution in [2.24, 2.45) is 0 Å². The fourth-order valence-corrected chi connectivity index (χ4v) is 4.75. The lowest BCUT2D eigenvalue weighted by Gasteiger charge is -2.03. The van der Waals surface area contributed by atoms with Crippen LogP contribution < -0.4 is 0 Å². The number of pyridine rings is 2. The van der Waals surface area contributed by atoms with Gasteiger partial charge in [0.05, 0.1) is 34.8 Å². The highest BCUT2D eigenvalue weighted by Crippen LogP contribution is 2.32. The van der Waals surface area contributed by atoms with E-state index in [1.54, 1.807) is 24.6 Å². The molecule has 3 radical (unpaired) electrons. The van der Waals surface area contributed by atoms with E-state index < -0.39 is 6.55 Å². The van der Waals surface area contributed by atoms with Gasteiger partial charge in [-0.3, -0.25) is 5.10 Å². The largest absolute Gasteiger partial charge is 0.333 e. The van der Waals surface area contributed by atoms with Crippen molar-refractivity contribution in [1.82, 2.24) is 39.2 Å². The van der Waals surface area contributed by atoms with E-state index in [4.69, 9.17) is 0 Å². The van der Waals surface area contributed by atoms with E-state index >= 15 is 0 Å². The van der Waals surface area contributed by atoms with Crippen LogP contribution in [0.15, 0.2) is 49.1 Å². The molecule has 0 aliphatic rings. The summed E-state index contributed by atoms with van der Waals surface area (Å²) in [7, 11) is 0. The summed E-state index contributed by atoms with van der Waals surface area (Å²) in [6.45, 7) is 8.88. The quantitative estimate of drug-likeness (QED) is 0.304. The summed E-state index contributed by atoms with van der Waals surface area (Å²) in [4.78, 5) is 0. The molecule has 0 spiro atoms. The number of aromatic nitrogens is 8. The van der Waals surface area contributed by atoms with Gasteiger partial charge in [-0.15, -0.1) is 0 Å². The number of nitrogens with zero attached hydrogens (tertiary/aromatic N) is 7. The maximum absolute atomic E-state index is 12.9. The van der Waals surface area contributed by atoms with E-state index in [9.17, 15) is 8.78 Å². The number of halogens is 2. The first-order chi connectivity index (χ1) is 17.7. The summed E-state index contributed by atoms with van der Waals surface area (Å²) in [6.07, 6.45) is 7.44. The third-order valence-corrected chi connectivity index (χ3v) is 6.53. The average Bonchev–Trinajstić information content (AvgIpc) is 3.60. The zero-order chi connectivity index (χ0) is 26.4. The molecule has 0 saturated carbocycles. The molecule has 0 fully saturated rings. The number of alkyl halides is 2. The summed E-state index contributed by atoms with van der Waals surface area (Å²) < 4.78 is 30.2. The van der Waals surface area contributed by atoms with Crippen LogP contribution in [0.3, 0.4) is 0 Å². The second-order valence-corrected chi connectivity index (χ2v) is 9.26. The van der Waals surface area contributed by atoms with Gasteiger partial charge >= 0.3 is 6.55 Å². The maximum Gasteiger partial charge on any atom is 0.333 e. The van der Waals surface area contributed by atoms with Gasteiger partial charge in [0, 0.05) is 54.4 Å². The SMILES string of the molecule is Cc1ccn2ncc(-c3c(C)n[nH]c3C)c2c1.Cc1ccn2ncc(-c3c(C)nn(C(F)F)c3C)c2c1.[B]. The van der Waals surface area contributed by atoms with Crippen molar-refractivity contribution in [3.8, 4) is 22.3 Å². The Kier molecular flexibility index (Phi) is 7.21. The summed E-state index contributed by atoms with van der Waals surface area (Å²) in [5.74, 6) is 0. The minimum atomic E-state index is -2.63. The van der Waals surface area contributed by atoms with Gasteiger partial charge in [0.2, 0.25) is 0 Å². The minimum Gasteiger partial charge on any atom is -0.282 e. The van der Waals surface area contributed by atoms with Gasteiger partial charge in [0.1, 0.15) is 0 Å². The van der Waals surface area contributed by atoms with Crippen molar-refractivity contribution >= 4 is 19.4 Å². The normalized spacial score (nSPS) is 11.2.